The van der Waals surface area contributed by atoms with Gasteiger partial charge < -0.3 is 14.8 Å². The molecule has 0 amide bonds. The monoisotopic (exact) mass is 854 g/mol. The molecular formula is C27H30N6O14S6. The molecule has 20 nitrogen and oxygen atoms in total. The van der Waals surface area contributed by atoms with Crippen molar-refractivity contribution in [2.24, 2.45) is 10.2 Å². The number of benzene rings is 3. The molecule has 0 spiro atoms. The Bertz CT molecular complexity index is 2430. The summed E-state index contributed by atoms with van der Waals surface area (Å²) in [4.78, 5) is 11.6. The van der Waals surface area contributed by atoms with Crippen molar-refractivity contribution in [3.63, 3.8) is 0 Å². The van der Waals surface area contributed by atoms with Gasteiger partial charge in [-0.3, -0.25) is 18.2 Å². The van der Waals surface area contributed by atoms with E-state index in [9.17, 15) is 42.8 Å². The molecule has 288 valence electrons. The van der Waals surface area contributed by atoms with E-state index >= 15 is 0 Å². The number of azo groups is 1. The lowest BCUT2D eigenvalue weighted by Crippen LogP contribution is -2.07. The van der Waals surface area contributed by atoms with Gasteiger partial charge in [0.05, 0.1) is 37.1 Å². The first-order valence-electron chi connectivity index (χ1n) is 14.6. The molecule has 1 aromatic heterocycles. The van der Waals surface area contributed by atoms with Crippen LogP contribution < -0.4 is 14.8 Å². The van der Waals surface area contributed by atoms with E-state index in [1.807, 2.05) is 0 Å². The largest absolute Gasteiger partial charge is 0.494 e. The molecule has 0 saturated carbocycles. The standard InChI is InChI=1S/C27H30N6O14S6/c1-46-21-15-20(33-32-16-12-18-17(24(13-16)53(43,44)45)6-3-7-23(18)52(40,41)42)22(47-2)14-19(21)28-25-29-26(48-8-4-10-50(34,35)36)31-27(30-25)49-9-5-11-51(37,38)39/h3,6-7,12-15H,4-5,8-11H2,1-2H3,(H,34,35,36)(H,37,38,39)(H,40,41,42)(H,43,44,45)(H,28,29,30,31). The molecule has 1 heterocycles. The van der Waals surface area contributed by atoms with E-state index in [1.165, 1.54) is 38.5 Å². The van der Waals surface area contributed by atoms with E-state index < -0.39 is 61.8 Å². The highest BCUT2D eigenvalue weighted by atomic mass is 32.2. The molecule has 0 bridgehead atoms. The van der Waals surface area contributed by atoms with Gasteiger partial charge >= 0.3 is 0 Å². The van der Waals surface area contributed by atoms with Crippen LogP contribution in [0.2, 0.25) is 0 Å². The van der Waals surface area contributed by atoms with Crippen LogP contribution in [0.3, 0.4) is 0 Å². The Labute approximate surface area is 312 Å². The van der Waals surface area contributed by atoms with Crippen molar-refractivity contribution in [2.75, 3.05) is 42.5 Å². The second kappa shape index (κ2) is 17.2. The topological polar surface area (TPSA) is 311 Å². The van der Waals surface area contributed by atoms with E-state index in [1.54, 1.807) is 0 Å². The molecule has 0 fully saturated rings. The van der Waals surface area contributed by atoms with Crippen molar-refractivity contribution in [3.8, 4) is 11.5 Å². The summed E-state index contributed by atoms with van der Waals surface area (Å²) >= 11 is 2.12. The van der Waals surface area contributed by atoms with Crippen molar-refractivity contribution >= 4 is 97.8 Å². The highest BCUT2D eigenvalue weighted by molar-refractivity contribution is 7.99. The highest BCUT2D eigenvalue weighted by Crippen LogP contribution is 2.41. The van der Waals surface area contributed by atoms with Crippen LogP contribution in [-0.2, 0) is 40.5 Å². The molecule has 26 heteroatoms. The van der Waals surface area contributed by atoms with Gasteiger partial charge in [-0.1, -0.05) is 35.7 Å². The third kappa shape index (κ3) is 12.4. The van der Waals surface area contributed by atoms with Gasteiger partial charge in [-0.2, -0.15) is 53.7 Å². The van der Waals surface area contributed by atoms with Gasteiger partial charge in [-0.15, -0.1) is 5.11 Å². The summed E-state index contributed by atoms with van der Waals surface area (Å²) in [6.45, 7) is 0. The molecule has 0 saturated heterocycles. The lowest BCUT2D eigenvalue weighted by Gasteiger charge is -2.14. The molecule has 0 unspecified atom stereocenters. The van der Waals surface area contributed by atoms with E-state index in [0.29, 0.717) is 0 Å². The van der Waals surface area contributed by atoms with Crippen molar-refractivity contribution in [2.45, 2.75) is 32.9 Å². The van der Waals surface area contributed by atoms with Crippen molar-refractivity contribution in [1.82, 2.24) is 15.0 Å². The molecule has 0 aliphatic rings. The number of methoxy groups -OCH3 is 2. The highest BCUT2D eigenvalue weighted by Gasteiger charge is 2.22. The first-order valence-corrected chi connectivity index (χ1v) is 22.6. The number of fused-ring (bicyclic) bond motifs is 1. The Morgan fingerprint density at radius 2 is 1.25 bits per heavy atom. The molecule has 53 heavy (non-hydrogen) atoms. The van der Waals surface area contributed by atoms with Gasteiger partial charge in [-0.25, -0.2) is 0 Å². The average molecular weight is 855 g/mol. The maximum absolute atomic E-state index is 12.2. The normalized spacial score (nSPS) is 12.7. The van der Waals surface area contributed by atoms with Crippen LogP contribution in [0.15, 0.2) is 72.8 Å². The SMILES string of the molecule is COc1cc(Nc2nc(SCCCS(=O)(=O)O)nc(SCCCS(=O)(=O)O)n2)c(OC)cc1N=Nc1cc(S(=O)(=O)O)c2cccc(S(=O)(=O)O)c2c1. The molecular weight excluding hydrogens is 825 g/mol. The maximum atomic E-state index is 12.2. The van der Waals surface area contributed by atoms with E-state index in [-0.39, 0.29) is 79.9 Å². The summed E-state index contributed by atoms with van der Waals surface area (Å²) < 4.78 is 141. The van der Waals surface area contributed by atoms with Crippen LogP contribution in [-0.4, -0.2) is 104 Å². The summed E-state index contributed by atoms with van der Waals surface area (Å²) in [5, 5.41) is 10.9. The van der Waals surface area contributed by atoms with Crippen LogP contribution in [0.4, 0.5) is 23.0 Å². The van der Waals surface area contributed by atoms with Crippen LogP contribution >= 0.6 is 23.5 Å². The molecule has 3 aromatic carbocycles. The number of aromatic nitrogens is 3. The first-order chi connectivity index (χ1) is 24.7. The van der Waals surface area contributed by atoms with E-state index in [2.05, 4.69) is 30.5 Å². The minimum absolute atomic E-state index is 0.0205. The molecule has 0 atom stereocenters. The number of thioether (sulfide) groups is 2. The molecule has 5 N–H and O–H groups in total. The van der Waals surface area contributed by atoms with Gasteiger partial charge in [0, 0.05) is 34.4 Å². The van der Waals surface area contributed by atoms with Crippen LogP contribution in [0.5, 0.6) is 11.5 Å². The van der Waals surface area contributed by atoms with E-state index in [0.717, 1.165) is 41.7 Å². The van der Waals surface area contributed by atoms with Crippen molar-refractivity contribution < 1.29 is 61.4 Å². The predicted octanol–water partition coefficient (Wildman–Crippen LogP) is 4.43. The summed E-state index contributed by atoms with van der Waals surface area (Å²) in [7, 11) is -15.5. The van der Waals surface area contributed by atoms with Crippen molar-refractivity contribution in [1.29, 1.82) is 0 Å². The Morgan fingerprint density at radius 1 is 0.679 bits per heavy atom. The molecule has 4 aromatic rings. The zero-order valence-electron chi connectivity index (χ0n) is 27.3. The van der Waals surface area contributed by atoms with Gasteiger partial charge in [0.1, 0.15) is 27.0 Å². The number of rotatable bonds is 18. The van der Waals surface area contributed by atoms with Gasteiger partial charge in [0.15, 0.2) is 10.3 Å². The smallest absolute Gasteiger partial charge is 0.295 e. The zero-order valence-corrected chi connectivity index (χ0v) is 32.2. The number of hydrogen-bond acceptors (Lipinski definition) is 18. The van der Waals surface area contributed by atoms with Gasteiger partial charge in [0.2, 0.25) is 5.95 Å². The van der Waals surface area contributed by atoms with E-state index in [4.69, 9.17) is 18.6 Å². The Balaban J connectivity index is 1.69. The second-order valence-corrected chi connectivity index (χ2v) is 18.5. The molecule has 0 aliphatic carbocycles. The maximum Gasteiger partial charge on any atom is 0.295 e. The third-order valence-electron chi connectivity index (χ3n) is 6.63. The Hall–Kier alpha value is -3.73. The number of nitrogens with one attached hydrogen (secondary N) is 1. The number of nitrogens with zero attached hydrogens (tertiary/aromatic N) is 5. The molecule has 4 rings (SSSR count). The average Bonchev–Trinajstić information content (AvgIpc) is 3.05. The predicted molar refractivity (Wildman–Crippen MR) is 194 cm³/mol. The van der Waals surface area contributed by atoms with Gasteiger partial charge in [0.25, 0.3) is 40.5 Å². The Morgan fingerprint density at radius 3 is 1.75 bits per heavy atom. The fourth-order valence-corrected chi connectivity index (χ4v) is 8.84. The lowest BCUT2D eigenvalue weighted by molar-refractivity contribution is 0.405. The fourth-order valence-electron chi connectivity index (χ4n) is 4.43. The minimum Gasteiger partial charge on any atom is -0.494 e. The van der Waals surface area contributed by atoms with Gasteiger partial charge in [-0.05, 0) is 31.0 Å². The minimum atomic E-state index is -4.91. The second-order valence-electron chi connectivity index (χ2n) is 10.5. The number of anilines is 2. The van der Waals surface area contributed by atoms with Crippen LogP contribution in [0.1, 0.15) is 12.8 Å². The summed E-state index contributed by atoms with van der Waals surface area (Å²) in [6, 6.07) is 8.35. The number of ether oxygens (including phenoxy) is 2. The zero-order chi connectivity index (χ0) is 39.2. The van der Waals surface area contributed by atoms with Crippen LogP contribution in [0, 0.1) is 0 Å². The van der Waals surface area contributed by atoms with Crippen molar-refractivity contribution in [3.05, 3.63) is 42.5 Å². The number of hydrogen-bond donors (Lipinski definition) is 5. The summed E-state index contributed by atoms with van der Waals surface area (Å²) in [5.74, 6) is -0.367. The lowest BCUT2D eigenvalue weighted by atomic mass is 10.1. The fraction of sp³-hybridized carbons (Fsp3) is 0.296. The summed E-state index contributed by atoms with van der Waals surface area (Å²) in [5.41, 5.74) is 0.0430. The molecule has 0 radical (unpaired) electrons. The third-order valence-corrected chi connectivity index (χ3v) is 11.9. The van der Waals surface area contributed by atoms with Crippen LogP contribution in [0.25, 0.3) is 10.8 Å². The molecule has 0 aliphatic heterocycles. The quantitative estimate of drug-likeness (QED) is 0.0400. The summed E-state index contributed by atoms with van der Waals surface area (Å²) in [6.07, 6.45) is 0.154. The Kier molecular flexibility index (Phi) is 13.6. The first kappa shape index (κ1) is 42.0.